The fourth-order valence-electron chi connectivity index (χ4n) is 4.57. The smallest absolute Gasteiger partial charge is 0.493 e. The molecule has 0 spiro atoms. The minimum absolute atomic E-state index is 0.0360. The highest BCUT2D eigenvalue weighted by molar-refractivity contribution is 7.92. The molecule has 0 aliphatic heterocycles. The van der Waals surface area contributed by atoms with Crippen LogP contribution in [0.5, 0.6) is 23.1 Å². The number of hydrogen-bond donors (Lipinski definition) is 4. The number of rotatable bonds is 20. The van der Waals surface area contributed by atoms with Crippen molar-refractivity contribution in [1.82, 2.24) is 45.9 Å². The predicted molar refractivity (Wildman–Crippen MR) is 188 cm³/mol. The van der Waals surface area contributed by atoms with E-state index in [0.717, 1.165) is 0 Å². The zero-order valence-electron chi connectivity index (χ0n) is 30.0. The average molecular weight is 815 g/mol. The molecule has 0 fully saturated rings. The van der Waals surface area contributed by atoms with E-state index in [1.807, 2.05) is 0 Å². The maximum atomic E-state index is 14.5. The van der Waals surface area contributed by atoms with E-state index in [1.165, 1.54) is 49.8 Å². The fourth-order valence-corrected chi connectivity index (χ4v) is 5.77. The number of carbonyl (C=O) groups is 2. The number of carboxylic acid groups (broad SMARTS) is 1. The molecule has 0 saturated carbocycles. The van der Waals surface area contributed by atoms with Gasteiger partial charge in [-0.05, 0) is 66.1 Å². The summed E-state index contributed by atoms with van der Waals surface area (Å²) in [5, 5.41) is 39.0. The number of H-pyrrole nitrogens is 1. The molecule has 4 heterocycles. The van der Waals surface area contributed by atoms with Crippen molar-refractivity contribution in [3.8, 4) is 46.0 Å². The Bertz CT molecular complexity index is 2210. The number of benzene rings is 1. The molecule has 1 aromatic carbocycles. The molecule has 0 saturated heterocycles. The number of sulfonamides is 1. The van der Waals surface area contributed by atoms with E-state index in [2.05, 4.69) is 50.1 Å². The van der Waals surface area contributed by atoms with E-state index >= 15 is 0 Å². The third-order valence-corrected chi connectivity index (χ3v) is 8.82. The summed E-state index contributed by atoms with van der Waals surface area (Å²) < 4.78 is 62.2. The summed E-state index contributed by atoms with van der Waals surface area (Å²) in [5.74, 6) is -1.21. The summed E-state index contributed by atoms with van der Waals surface area (Å²) >= 11 is 0. The quantitative estimate of drug-likeness (QED) is 0.0379. The molecule has 0 aliphatic rings. The molecule has 5 rings (SSSR count). The molecule has 0 bridgehead atoms. The van der Waals surface area contributed by atoms with Gasteiger partial charge in [-0.1, -0.05) is 18.2 Å². The van der Waals surface area contributed by atoms with Crippen LogP contribution in [0.1, 0.15) is 18.4 Å². The monoisotopic (exact) mass is 814 g/mol. The van der Waals surface area contributed by atoms with E-state index in [4.69, 9.17) is 39.2 Å². The number of pyridine rings is 2. The topological polar surface area (TPSA) is 306 Å². The van der Waals surface area contributed by atoms with E-state index < -0.39 is 70.1 Å². The van der Waals surface area contributed by atoms with Crippen LogP contribution in [0.2, 0.25) is 0 Å². The summed E-state index contributed by atoms with van der Waals surface area (Å²) in [6.07, 6.45) is 0.262. The first kappa shape index (κ1) is 41.4. The summed E-state index contributed by atoms with van der Waals surface area (Å²) in [6, 6.07) is 12.0. The molecule has 0 atom stereocenters. The summed E-state index contributed by atoms with van der Waals surface area (Å²) in [5.41, 5.74) is 1.11. The number of aromatic amines is 1. The summed E-state index contributed by atoms with van der Waals surface area (Å²) in [7, 11) is -3.45. The SMILES string of the molecule is COc1ccccc1Oc1c(OCCOC(=O)O)nc(-c2ccnc(-c3nnn[nH]3)c2)nc1N(COC(=O)OCCCCON(O)O)S(=O)(=O)c1ccc(C)cn1. The molecule has 24 nitrogen and oxygen atoms in total. The van der Waals surface area contributed by atoms with Crippen molar-refractivity contribution in [2.24, 2.45) is 0 Å². The number of aromatic nitrogens is 8. The van der Waals surface area contributed by atoms with Gasteiger partial charge in [-0.2, -0.15) is 13.4 Å². The molecule has 4 aromatic heterocycles. The van der Waals surface area contributed by atoms with Crippen molar-refractivity contribution in [1.29, 1.82) is 0 Å². The molecule has 0 amide bonds. The lowest BCUT2D eigenvalue weighted by Crippen LogP contribution is -2.36. The normalized spacial score (nSPS) is 11.2. The first-order valence-corrected chi connectivity index (χ1v) is 17.9. The summed E-state index contributed by atoms with van der Waals surface area (Å²) in [6.45, 7) is -0.633. The largest absolute Gasteiger partial charge is 0.510 e. The highest BCUT2D eigenvalue weighted by Crippen LogP contribution is 2.44. The number of hydrogen-bond acceptors (Lipinski definition) is 21. The predicted octanol–water partition coefficient (Wildman–Crippen LogP) is 3.39. The lowest BCUT2D eigenvalue weighted by molar-refractivity contribution is -0.492. The number of carbonyl (C=O) groups excluding carboxylic acids is 1. The molecule has 0 aliphatic carbocycles. The number of ether oxygens (including phenoxy) is 6. The van der Waals surface area contributed by atoms with Crippen LogP contribution in [-0.2, 0) is 29.1 Å². The van der Waals surface area contributed by atoms with E-state index in [9.17, 15) is 18.0 Å². The van der Waals surface area contributed by atoms with Crippen LogP contribution in [-0.4, -0.2) is 122 Å². The van der Waals surface area contributed by atoms with Gasteiger partial charge in [0.15, 0.2) is 40.7 Å². The van der Waals surface area contributed by atoms with Crippen molar-refractivity contribution in [3.05, 3.63) is 66.5 Å². The van der Waals surface area contributed by atoms with E-state index in [1.54, 1.807) is 25.1 Å². The maximum Gasteiger partial charge on any atom is 0.510 e. The van der Waals surface area contributed by atoms with Crippen molar-refractivity contribution in [2.45, 2.75) is 24.8 Å². The van der Waals surface area contributed by atoms with Crippen molar-refractivity contribution in [2.75, 3.05) is 44.6 Å². The highest BCUT2D eigenvalue weighted by Gasteiger charge is 2.35. The van der Waals surface area contributed by atoms with Gasteiger partial charge in [-0.15, -0.1) is 5.10 Å². The Morgan fingerprint density at radius 2 is 1.70 bits per heavy atom. The van der Waals surface area contributed by atoms with Gasteiger partial charge in [0.05, 0.1) is 25.7 Å². The molecule has 4 N–H and O–H groups in total. The standard InChI is InChI=1S/C32H34N10O14S/c1-20-9-10-25(34-18-20)57(48,49)41(19-54-32(45)53-13-5-6-14-55-42(46)47)29-26(56-24-8-4-3-7-23(24)50-2)30(51-15-16-52-31(43)44)36-27(35-29)21-11-12-33-22(17-21)28-37-39-40-38-28/h3-4,7-12,17-18,46-47H,5-6,13-16,19H2,1-2H3,(H,43,44)(H,37,38,39,40). The van der Waals surface area contributed by atoms with Crippen LogP contribution >= 0.6 is 0 Å². The molecule has 0 unspecified atom stereocenters. The van der Waals surface area contributed by atoms with Gasteiger partial charge in [0.2, 0.25) is 5.75 Å². The Morgan fingerprint density at radius 3 is 2.40 bits per heavy atom. The van der Waals surface area contributed by atoms with Crippen LogP contribution in [0.25, 0.3) is 22.9 Å². The zero-order valence-corrected chi connectivity index (χ0v) is 30.8. The lowest BCUT2D eigenvalue weighted by Gasteiger charge is -2.26. The Kier molecular flexibility index (Phi) is 14.3. The fraction of sp³-hybridized carbons (Fsp3) is 0.281. The minimum atomic E-state index is -4.82. The molecule has 57 heavy (non-hydrogen) atoms. The Hall–Kier alpha value is -6.80. The first-order valence-electron chi connectivity index (χ1n) is 16.4. The Labute approximate surface area is 322 Å². The second-order valence-corrected chi connectivity index (χ2v) is 12.9. The zero-order chi connectivity index (χ0) is 40.8. The highest BCUT2D eigenvalue weighted by atomic mass is 32.2. The number of anilines is 1. The number of nitrogens with one attached hydrogen (secondary N) is 1. The van der Waals surface area contributed by atoms with Gasteiger partial charge >= 0.3 is 12.3 Å². The van der Waals surface area contributed by atoms with Crippen LogP contribution in [0.4, 0.5) is 15.4 Å². The van der Waals surface area contributed by atoms with E-state index in [-0.39, 0.29) is 60.5 Å². The molecular weight excluding hydrogens is 780 g/mol. The van der Waals surface area contributed by atoms with Gasteiger partial charge in [0.1, 0.15) is 18.9 Å². The second kappa shape index (κ2) is 19.7. The lowest BCUT2D eigenvalue weighted by atomic mass is 10.2. The van der Waals surface area contributed by atoms with Gasteiger partial charge in [0.25, 0.3) is 15.9 Å². The number of nitrogens with zero attached hydrogens (tertiary/aromatic N) is 9. The van der Waals surface area contributed by atoms with Crippen molar-refractivity contribution < 1.29 is 66.8 Å². The molecule has 302 valence electrons. The minimum Gasteiger partial charge on any atom is -0.493 e. The van der Waals surface area contributed by atoms with Crippen LogP contribution in [0, 0.1) is 6.92 Å². The van der Waals surface area contributed by atoms with Gasteiger partial charge in [-0.25, -0.2) is 29.0 Å². The molecule has 0 radical (unpaired) electrons. The van der Waals surface area contributed by atoms with Crippen LogP contribution in [0.15, 0.2) is 66.0 Å². The number of unbranched alkanes of at least 4 members (excludes halogenated alkanes) is 1. The van der Waals surface area contributed by atoms with Gasteiger partial charge in [0, 0.05) is 18.0 Å². The van der Waals surface area contributed by atoms with Crippen LogP contribution < -0.4 is 18.5 Å². The van der Waals surface area contributed by atoms with Crippen LogP contribution in [0.3, 0.4) is 0 Å². The maximum absolute atomic E-state index is 14.5. The number of tetrazole rings is 1. The van der Waals surface area contributed by atoms with Crippen molar-refractivity contribution >= 4 is 28.2 Å². The van der Waals surface area contributed by atoms with Crippen molar-refractivity contribution in [3.63, 3.8) is 0 Å². The van der Waals surface area contributed by atoms with E-state index in [0.29, 0.717) is 9.87 Å². The first-order chi connectivity index (χ1) is 27.5. The molecule has 5 aromatic rings. The van der Waals surface area contributed by atoms with Gasteiger partial charge < -0.3 is 33.5 Å². The number of aryl methyl sites for hydroxylation is 1. The number of methoxy groups -OCH3 is 1. The summed E-state index contributed by atoms with van der Waals surface area (Å²) in [4.78, 5) is 45.8. The Morgan fingerprint density at radius 1 is 0.912 bits per heavy atom. The van der Waals surface area contributed by atoms with Gasteiger partial charge in [-0.3, -0.25) is 20.2 Å². The molecular formula is C32H34N10O14S. The average Bonchev–Trinajstić information content (AvgIpc) is 3.74. The number of para-hydroxylation sites is 2. The Balaban J connectivity index is 1.65. The third-order valence-electron chi connectivity index (χ3n) is 7.19. The third kappa shape index (κ3) is 11.4. The molecule has 25 heteroatoms. The second-order valence-electron chi connectivity index (χ2n) is 11.1.